The number of fused-ring (bicyclic) bond motifs is 13. The van der Waals surface area contributed by atoms with Crippen LogP contribution in [0.5, 0.6) is 0 Å². The fraction of sp³-hybridized carbons (Fsp3) is 0.0208. The molecule has 1 unspecified atom stereocenters. The molecule has 1 spiro atoms. The van der Waals surface area contributed by atoms with Crippen molar-refractivity contribution >= 4 is 167 Å². The van der Waals surface area contributed by atoms with Crippen LogP contribution in [-0.4, -0.2) is 93.4 Å². The third kappa shape index (κ3) is 5.19. The fourth-order valence-corrected chi connectivity index (χ4v) is 9.51. The van der Waals surface area contributed by atoms with E-state index in [-0.39, 0.29) is 83.2 Å². The van der Waals surface area contributed by atoms with E-state index in [9.17, 15) is 0 Å². The lowest BCUT2D eigenvalue weighted by atomic mass is 9.60. The normalized spacial score (nSPS) is 14.8. The zero-order valence-electron chi connectivity index (χ0n) is 33.0. The third-order valence-corrected chi connectivity index (χ3v) is 12.6. The topological polar surface area (TPSA) is 51.8 Å². The zero-order chi connectivity index (χ0) is 42.9. The molecule has 0 bridgehead atoms. The highest BCUT2D eigenvalue weighted by Crippen LogP contribution is 2.60. The molecule has 262 valence electrons. The maximum absolute atomic E-state index is 6.75. The third-order valence-electron chi connectivity index (χ3n) is 12.6. The van der Waals surface area contributed by atoms with Gasteiger partial charge in [0.2, 0.25) is 0 Å². The Kier molecular flexibility index (Phi) is 8.65. The second kappa shape index (κ2) is 13.9. The predicted molar refractivity (Wildman–Crippen MR) is 264 cm³/mol. The smallest absolute Gasteiger partial charge is 0.164 e. The minimum Gasteiger partial charge on any atom is -0.455 e. The van der Waals surface area contributed by atoms with E-state index in [4.69, 9.17) is 97.8 Å². The van der Waals surface area contributed by atoms with Crippen molar-refractivity contribution in [3.8, 4) is 45.3 Å². The minimum atomic E-state index is -0.841. The Balaban J connectivity index is 1.24. The van der Waals surface area contributed by atoms with Gasteiger partial charge in [-0.05, 0) is 51.1 Å². The van der Waals surface area contributed by atoms with E-state index < -0.39 is 5.41 Å². The summed E-state index contributed by atoms with van der Waals surface area (Å²) in [5, 5.41) is 2.09. The van der Waals surface area contributed by atoms with Crippen molar-refractivity contribution in [3.05, 3.63) is 137 Å². The summed E-state index contributed by atoms with van der Waals surface area (Å²) in [7, 11) is 64.3. The lowest BCUT2D eigenvalue weighted by molar-refractivity contribution is 0.669. The summed E-state index contributed by atoms with van der Waals surface area (Å²) in [6, 6.07) is 35.6. The molecule has 2 aromatic heterocycles. The number of aromatic nitrogens is 3. The molecule has 0 fully saturated rings. The first-order valence-electron chi connectivity index (χ1n) is 19.7. The molecule has 11 rings (SSSR count). The number of nitrogens with zero attached hydrogens (tertiary/aromatic N) is 3. The van der Waals surface area contributed by atoms with Crippen molar-refractivity contribution in [2.45, 2.75) is 5.41 Å². The Morgan fingerprint density at radius 3 is 1.55 bits per heavy atom. The summed E-state index contributed by atoms with van der Waals surface area (Å²) in [6.45, 7) is 0. The zero-order valence-corrected chi connectivity index (χ0v) is 33.0. The molecule has 0 saturated carbocycles. The van der Waals surface area contributed by atoms with Gasteiger partial charge in [0.15, 0.2) is 17.5 Å². The van der Waals surface area contributed by atoms with Crippen LogP contribution in [0.3, 0.4) is 0 Å². The second-order valence-corrected chi connectivity index (χ2v) is 15.7. The SMILES string of the molecule is [B]c1c([B])c([B])c(-c2nc(-c3ccc4c(c3)C3(c5ccccc5C=C4)c4ccccc4-c4c3ccc3c4oc4ccccc43)nc(-c3c([B])c([B])c([B])c([B])c3[B])n2)c([B])c1[B]. The molecule has 0 amide bonds. The highest BCUT2D eigenvalue weighted by atomic mass is 16.3. The van der Waals surface area contributed by atoms with Gasteiger partial charge in [0.05, 0.1) is 5.41 Å². The monoisotopic (exact) mass is 763 g/mol. The van der Waals surface area contributed by atoms with Crippen molar-refractivity contribution in [2.24, 2.45) is 0 Å². The van der Waals surface area contributed by atoms with Crippen LogP contribution < -0.4 is 54.6 Å². The maximum atomic E-state index is 6.75. The quantitative estimate of drug-likeness (QED) is 0.230. The summed E-state index contributed by atoms with van der Waals surface area (Å²) in [5.74, 6) is 0.249. The molecule has 20 radical (unpaired) electrons. The van der Waals surface area contributed by atoms with E-state index in [1.807, 2.05) is 24.3 Å². The van der Waals surface area contributed by atoms with E-state index >= 15 is 0 Å². The number of rotatable bonds is 3. The standard InChI is InChI=1S/C48H19B10N3O/c49-34-32(35(50)39(54)42(57)38(34)53)46-59-45(60-47(61-46)33-36(51)40(55)43(58)41(56)37(33)52)22-16-15-21-14-13-20-7-1-4-10-26(20)48(29(21)19-22)27-11-5-2-9-25(27)31-28(48)18-17-24-23-8-3-6-12-30(23)62-44(24)31/h1-19H. The molecule has 0 aliphatic heterocycles. The van der Waals surface area contributed by atoms with E-state index in [2.05, 4.69) is 91.0 Å². The van der Waals surface area contributed by atoms with Crippen LogP contribution in [0.1, 0.15) is 33.4 Å². The largest absolute Gasteiger partial charge is 0.455 e. The molecule has 4 nitrogen and oxygen atoms in total. The molecule has 0 N–H and O–H groups in total. The number of hydrogen-bond acceptors (Lipinski definition) is 4. The van der Waals surface area contributed by atoms with Crippen LogP contribution in [0, 0.1) is 0 Å². The Morgan fingerprint density at radius 2 is 0.903 bits per heavy atom. The van der Waals surface area contributed by atoms with Crippen LogP contribution in [0.15, 0.2) is 108 Å². The minimum absolute atomic E-state index is 0.0183. The molecule has 7 aromatic carbocycles. The second-order valence-electron chi connectivity index (χ2n) is 15.7. The van der Waals surface area contributed by atoms with E-state index in [0.29, 0.717) is 5.56 Å². The highest BCUT2D eigenvalue weighted by Gasteiger charge is 2.49. The van der Waals surface area contributed by atoms with Gasteiger partial charge in [-0.15, -0.1) is 32.8 Å². The molecule has 9 aromatic rings. The number of para-hydroxylation sites is 1. The van der Waals surface area contributed by atoms with Gasteiger partial charge < -0.3 is 4.42 Å². The van der Waals surface area contributed by atoms with Crippen LogP contribution >= 0.6 is 0 Å². The molecule has 2 heterocycles. The molecular formula is C48H19B10N3O. The van der Waals surface area contributed by atoms with Gasteiger partial charge in [0.1, 0.15) is 89.6 Å². The van der Waals surface area contributed by atoms with Crippen LogP contribution in [0.25, 0.3) is 79.4 Å². The molecule has 14 heteroatoms. The average molecular weight is 762 g/mol. The van der Waals surface area contributed by atoms with Crippen LogP contribution in [0.2, 0.25) is 0 Å². The van der Waals surface area contributed by atoms with E-state index in [0.717, 1.165) is 66.4 Å². The Morgan fingerprint density at radius 1 is 0.387 bits per heavy atom. The average Bonchev–Trinajstić information content (AvgIpc) is 3.77. The van der Waals surface area contributed by atoms with E-state index in [1.54, 1.807) is 0 Å². The first kappa shape index (κ1) is 38.6. The van der Waals surface area contributed by atoms with Gasteiger partial charge in [-0.25, -0.2) is 15.0 Å². The lowest BCUT2D eigenvalue weighted by Crippen LogP contribution is -2.55. The van der Waals surface area contributed by atoms with Gasteiger partial charge in [-0.3, -0.25) is 0 Å². The van der Waals surface area contributed by atoms with Gasteiger partial charge in [-0.1, -0.05) is 125 Å². The lowest BCUT2D eigenvalue weighted by Gasteiger charge is -2.35. The van der Waals surface area contributed by atoms with Crippen molar-refractivity contribution in [1.29, 1.82) is 0 Å². The first-order chi connectivity index (χ1) is 29.9. The van der Waals surface area contributed by atoms with E-state index in [1.165, 1.54) is 0 Å². The molecule has 0 saturated heterocycles. The summed E-state index contributed by atoms with van der Waals surface area (Å²) in [6.07, 6.45) is 4.30. The van der Waals surface area contributed by atoms with Crippen molar-refractivity contribution in [3.63, 3.8) is 0 Å². The van der Waals surface area contributed by atoms with Gasteiger partial charge >= 0.3 is 0 Å². The first-order valence-corrected chi connectivity index (χ1v) is 19.7. The summed E-state index contributed by atoms with van der Waals surface area (Å²) in [4.78, 5) is 14.8. The summed E-state index contributed by atoms with van der Waals surface area (Å²) >= 11 is 0. The molecule has 2 aliphatic carbocycles. The molecular weight excluding hydrogens is 743 g/mol. The molecule has 1 atom stereocenters. The number of hydrogen-bond donors (Lipinski definition) is 0. The van der Waals surface area contributed by atoms with Gasteiger partial charge in [0, 0.05) is 33.0 Å². The highest BCUT2D eigenvalue weighted by molar-refractivity contribution is 6.70. The van der Waals surface area contributed by atoms with Crippen LogP contribution in [0.4, 0.5) is 0 Å². The predicted octanol–water partition coefficient (Wildman–Crippen LogP) is -0.443. The maximum Gasteiger partial charge on any atom is 0.164 e. The Labute approximate surface area is 372 Å². The number of furan rings is 1. The molecule has 2 aliphatic rings. The summed E-state index contributed by atoms with van der Waals surface area (Å²) in [5.41, 5.74) is 10.3. The van der Waals surface area contributed by atoms with Crippen LogP contribution in [-0.2, 0) is 5.41 Å². The van der Waals surface area contributed by atoms with Crippen molar-refractivity contribution in [1.82, 2.24) is 15.0 Å². The molecule has 62 heavy (non-hydrogen) atoms. The van der Waals surface area contributed by atoms with Crippen molar-refractivity contribution < 1.29 is 4.42 Å². The van der Waals surface area contributed by atoms with Crippen molar-refractivity contribution in [2.75, 3.05) is 0 Å². The number of benzene rings is 7. The Bertz CT molecular complexity index is 3360. The fourth-order valence-electron chi connectivity index (χ4n) is 9.51. The van der Waals surface area contributed by atoms with Gasteiger partial charge in [0.25, 0.3) is 0 Å². The Hall–Kier alpha value is -6.26. The van der Waals surface area contributed by atoms with Gasteiger partial charge in [-0.2, -0.15) is 0 Å². The summed E-state index contributed by atoms with van der Waals surface area (Å²) < 4.78 is 6.75.